The molecule has 1 fully saturated rings. The molecule has 4 nitrogen and oxygen atoms in total. The molecule has 72 valence electrons. The summed E-state index contributed by atoms with van der Waals surface area (Å²) in [6.07, 6.45) is 0.438. The summed E-state index contributed by atoms with van der Waals surface area (Å²) in [5.41, 5.74) is 0. The van der Waals surface area contributed by atoms with Gasteiger partial charge in [0, 0.05) is 19.2 Å². The molecule has 1 rings (SSSR count). The van der Waals surface area contributed by atoms with Crippen LogP contribution < -0.4 is 0 Å². The summed E-state index contributed by atoms with van der Waals surface area (Å²) in [5.74, 6) is 0. The molecule has 0 aliphatic carbocycles. The van der Waals surface area contributed by atoms with E-state index in [4.69, 9.17) is 9.84 Å². The van der Waals surface area contributed by atoms with E-state index < -0.39 is 6.10 Å². The molecule has 0 amide bonds. The monoisotopic (exact) mass is 175 g/mol. The number of hydrogen-bond donors (Lipinski definition) is 2. The van der Waals surface area contributed by atoms with Gasteiger partial charge in [-0.05, 0) is 13.5 Å². The van der Waals surface area contributed by atoms with Gasteiger partial charge < -0.3 is 14.9 Å². The second kappa shape index (κ2) is 4.77. The maximum absolute atomic E-state index is 9.52. The number of likely N-dealkylation sites (N-methyl/N-ethyl adjacent to an activating group) is 1. The molecule has 0 bridgehead atoms. The predicted molar refractivity (Wildman–Crippen MR) is 44.9 cm³/mol. The van der Waals surface area contributed by atoms with Crippen molar-refractivity contribution < 1.29 is 14.9 Å². The first kappa shape index (κ1) is 9.92. The topological polar surface area (TPSA) is 52.9 Å². The lowest BCUT2D eigenvalue weighted by molar-refractivity contribution is -0.0606. The van der Waals surface area contributed by atoms with Gasteiger partial charge in [0.15, 0.2) is 0 Å². The van der Waals surface area contributed by atoms with Crippen LogP contribution in [0.3, 0.4) is 0 Å². The van der Waals surface area contributed by atoms with Crippen LogP contribution in [0.4, 0.5) is 0 Å². The van der Waals surface area contributed by atoms with E-state index in [9.17, 15) is 5.11 Å². The Balaban J connectivity index is 2.36. The van der Waals surface area contributed by atoms with Gasteiger partial charge in [-0.15, -0.1) is 0 Å². The SMILES string of the molecule is CN(CCO)C1CCOCC1O. The van der Waals surface area contributed by atoms with Gasteiger partial charge in [-0.25, -0.2) is 0 Å². The van der Waals surface area contributed by atoms with E-state index in [0.717, 1.165) is 6.42 Å². The van der Waals surface area contributed by atoms with E-state index in [2.05, 4.69) is 0 Å². The van der Waals surface area contributed by atoms with Crippen LogP contribution in [0.25, 0.3) is 0 Å². The third kappa shape index (κ3) is 2.42. The number of rotatable bonds is 3. The molecule has 1 heterocycles. The average molecular weight is 175 g/mol. The van der Waals surface area contributed by atoms with Gasteiger partial charge >= 0.3 is 0 Å². The number of hydrogen-bond acceptors (Lipinski definition) is 4. The fraction of sp³-hybridized carbons (Fsp3) is 1.00. The smallest absolute Gasteiger partial charge is 0.0929 e. The molecule has 0 aromatic rings. The zero-order valence-electron chi connectivity index (χ0n) is 7.44. The van der Waals surface area contributed by atoms with Crippen molar-refractivity contribution in [1.82, 2.24) is 4.90 Å². The van der Waals surface area contributed by atoms with E-state index in [-0.39, 0.29) is 12.6 Å². The van der Waals surface area contributed by atoms with Gasteiger partial charge in [0.1, 0.15) is 0 Å². The lowest BCUT2D eigenvalue weighted by Gasteiger charge is -2.34. The normalized spacial score (nSPS) is 31.0. The summed E-state index contributed by atoms with van der Waals surface area (Å²) in [6, 6.07) is 0.144. The fourth-order valence-electron chi connectivity index (χ4n) is 1.55. The summed E-state index contributed by atoms with van der Waals surface area (Å²) in [6.45, 7) is 1.88. The summed E-state index contributed by atoms with van der Waals surface area (Å²) in [5, 5.41) is 18.2. The van der Waals surface area contributed by atoms with E-state index in [1.54, 1.807) is 0 Å². The van der Waals surface area contributed by atoms with Crippen LogP contribution in [0.15, 0.2) is 0 Å². The van der Waals surface area contributed by atoms with Gasteiger partial charge in [-0.2, -0.15) is 0 Å². The molecule has 0 radical (unpaired) electrons. The number of aliphatic hydroxyl groups excluding tert-OH is 2. The first-order valence-electron chi connectivity index (χ1n) is 4.32. The van der Waals surface area contributed by atoms with Crippen LogP contribution in [0.5, 0.6) is 0 Å². The molecular weight excluding hydrogens is 158 g/mol. The molecule has 2 N–H and O–H groups in total. The van der Waals surface area contributed by atoms with Gasteiger partial charge in [-0.1, -0.05) is 0 Å². The fourth-order valence-corrected chi connectivity index (χ4v) is 1.55. The summed E-state index contributed by atoms with van der Waals surface area (Å²) in [4.78, 5) is 1.98. The van der Waals surface area contributed by atoms with Crippen LogP contribution in [0, 0.1) is 0 Å². The Morgan fingerprint density at radius 1 is 1.58 bits per heavy atom. The number of aliphatic hydroxyl groups is 2. The van der Waals surface area contributed by atoms with Crippen molar-refractivity contribution in [3.63, 3.8) is 0 Å². The molecule has 4 heteroatoms. The minimum Gasteiger partial charge on any atom is -0.395 e. The highest BCUT2D eigenvalue weighted by molar-refractivity contribution is 4.79. The van der Waals surface area contributed by atoms with E-state index >= 15 is 0 Å². The van der Waals surface area contributed by atoms with Gasteiger partial charge in [0.2, 0.25) is 0 Å². The molecule has 2 atom stereocenters. The molecule has 0 spiro atoms. The molecule has 12 heavy (non-hydrogen) atoms. The Labute approximate surface area is 72.7 Å². The van der Waals surface area contributed by atoms with E-state index in [1.165, 1.54) is 0 Å². The maximum atomic E-state index is 9.52. The zero-order valence-corrected chi connectivity index (χ0v) is 7.44. The second-order valence-electron chi connectivity index (χ2n) is 3.20. The highest BCUT2D eigenvalue weighted by Gasteiger charge is 2.26. The van der Waals surface area contributed by atoms with Crippen LogP contribution in [0.2, 0.25) is 0 Å². The largest absolute Gasteiger partial charge is 0.395 e. The molecule has 1 aliphatic heterocycles. The van der Waals surface area contributed by atoms with E-state index in [1.807, 2.05) is 11.9 Å². The Hall–Kier alpha value is -0.160. The summed E-state index contributed by atoms with van der Waals surface area (Å²) < 4.78 is 5.10. The third-order valence-corrected chi connectivity index (χ3v) is 2.31. The van der Waals surface area contributed by atoms with Crippen LogP contribution >= 0.6 is 0 Å². The Morgan fingerprint density at radius 3 is 2.92 bits per heavy atom. The maximum Gasteiger partial charge on any atom is 0.0929 e. The minimum atomic E-state index is -0.407. The zero-order chi connectivity index (χ0) is 8.97. The first-order chi connectivity index (χ1) is 5.75. The average Bonchev–Trinajstić information content (AvgIpc) is 2.05. The Morgan fingerprint density at radius 2 is 2.33 bits per heavy atom. The molecule has 1 saturated heterocycles. The highest BCUT2D eigenvalue weighted by atomic mass is 16.5. The van der Waals surface area contributed by atoms with Crippen molar-refractivity contribution in [2.45, 2.75) is 18.6 Å². The molecule has 1 aliphatic rings. The van der Waals surface area contributed by atoms with Crippen LogP contribution in [-0.2, 0) is 4.74 Å². The second-order valence-corrected chi connectivity index (χ2v) is 3.20. The quantitative estimate of drug-likeness (QED) is 0.581. The first-order valence-corrected chi connectivity index (χ1v) is 4.32. The molecular formula is C8H17NO3. The van der Waals surface area contributed by atoms with Crippen molar-refractivity contribution in [2.75, 3.05) is 33.4 Å². The van der Waals surface area contributed by atoms with Crippen LogP contribution in [-0.4, -0.2) is 60.7 Å². The van der Waals surface area contributed by atoms with Gasteiger partial charge in [0.25, 0.3) is 0 Å². The third-order valence-electron chi connectivity index (χ3n) is 2.31. The van der Waals surface area contributed by atoms with Crippen molar-refractivity contribution in [1.29, 1.82) is 0 Å². The lowest BCUT2D eigenvalue weighted by atomic mass is 10.1. The van der Waals surface area contributed by atoms with Crippen LogP contribution in [0.1, 0.15) is 6.42 Å². The highest BCUT2D eigenvalue weighted by Crippen LogP contribution is 2.12. The van der Waals surface area contributed by atoms with Gasteiger partial charge in [-0.3, -0.25) is 4.90 Å². The lowest BCUT2D eigenvalue weighted by Crippen LogP contribution is -2.48. The van der Waals surface area contributed by atoms with Crippen molar-refractivity contribution in [3.8, 4) is 0 Å². The Kier molecular flexibility index (Phi) is 3.94. The summed E-state index contributed by atoms with van der Waals surface area (Å²) in [7, 11) is 1.91. The Bertz CT molecular complexity index is 131. The molecule has 0 aromatic heterocycles. The van der Waals surface area contributed by atoms with Crippen molar-refractivity contribution in [3.05, 3.63) is 0 Å². The number of nitrogens with zero attached hydrogens (tertiary/aromatic N) is 1. The number of ether oxygens (including phenoxy) is 1. The minimum absolute atomic E-state index is 0.139. The molecule has 2 unspecified atom stereocenters. The standard InChI is InChI=1S/C8H17NO3/c1-9(3-4-10)7-2-5-12-6-8(7)11/h7-8,10-11H,2-6H2,1H3. The van der Waals surface area contributed by atoms with Gasteiger partial charge in [0.05, 0.1) is 19.3 Å². The van der Waals surface area contributed by atoms with Crippen molar-refractivity contribution >= 4 is 0 Å². The molecule has 0 saturated carbocycles. The summed E-state index contributed by atoms with van der Waals surface area (Å²) >= 11 is 0. The predicted octanol–water partition coefficient (Wildman–Crippen LogP) is -0.940. The molecule has 0 aromatic carbocycles. The van der Waals surface area contributed by atoms with Crippen molar-refractivity contribution in [2.24, 2.45) is 0 Å². The van der Waals surface area contributed by atoms with E-state index in [0.29, 0.717) is 19.8 Å².